The summed E-state index contributed by atoms with van der Waals surface area (Å²) in [6.45, 7) is 3.95. The molecule has 0 atom stereocenters. The molecule has 2 aromatic carbocycles. The van der Waals surface area contributed by atoms with Crippen LogP contribution in [0, 0.1) is 13.8 Å². The van der Waals surface area contributed by atoms with E-state index in [1.807, 2.05) is 26.0 Å². The average Bonchev–Trinajstić information content (AvgIpc) is 2.65. The highest BCUT2D eigenvalue weighted by Crippen LogP contribution is 2.36. The lowest BCUT2D eigenvalue weighted by Gasteiger charge is -2.18. The number of likely N-dealkylation sites (N-methyl/N-ethyl adjacent to an activating group) is 1. The Kier molecular flexibility index (Phi) is 6.43. The van der Waals surface area contributed by atoms with Gasteiger partial charge in [0, 0.05) is 23.7 Å². The van der Waals surface area contributed by atoms with E-state index in [1.54, 1.807) is 11.9 Å². The number of fused-ring (bicyclic) bond motifs is 1. The third-order valence-electron chi connectivity index (χ3n) is 4.93. The second-order valence-corrected chi connectivity index (χ2v) is 7.79. The van der Waals surface area contributed by atoms with Gasteiger partial charge in [-0.2, -0.15) is 13.2 Å². The molecule has 31 heavy (non-hydrogen) atoms. The number of hydrogen-bond donors (Lipinski definition) is 1. The van der Waals surface area contributed by atoms with Crippen molar-refractivity contribution in [3.8, 4) is 0 Å². The summed E-state index contributed by atoms with van der Waals surface area (Å²) < 4.78 is 44.3. The average molecular weight is 453 g/mol. The summed E-state index contributed by atoms with van der Waals surface area (Å²) in [4.78, 5) is 26.0. The van der Waals surface area contributed by atoms with E-state index in [2.05, 4.69) is 5.32 Å². The molecule has 0 aliphatic rings. The highest BCUT2D eigenvalue weighted by molar-refractivity contribution is 6.31. The minimum Gasteiger partial charge on any atom is -0.422 e. The summed E-state index contributed by atoms with van der Waals surface area (Å²) in [5, 5.41) is 2.77. The van der Waals surface area contributed by atoms with Gasteiger partial charge >= 0.3 is 11.8 Å². The smallest absolute Gasteiger partial charge is 0.417 e. The maximum atomic E-state index is 13.0. The van der Waals surface area contributed by atoms with Crippen LogP contribution in [-0.2, 0) is 17.5 Å². The molecule has 1 N–H and O–H groups in total. The van der Waals surface area contributed by atoms with E-state index >= 15 is 0 Å². The van der Waals surface area contributed by atoms with Crippen molar-refractivity contribution in [3.05, 3.63) is 74.1 Å². The van der Waals surface area contributed by atoms with E-state index in [4.69, 9.17) is 16.0 Å². The van der Waals surface area contributed by atoms with Gasteiger partial charge in [0.2, 0.25) is 5.91 Å². The Balaban J connectivity index is 1.75. The number of amides is 1. The van der Waals surface area contributed by atoms with Crippen LogP contribution in [0.1, 0.15) is 22.3 Å². The molecule has 0 aliphatic heterocycles. The second kappa shape index (κ2) is 8.72. The Labute approximate surface area is 181 Å². The molecule has 0 aliphatic carbocycles. The van der Waals surface area contributed by atoms with Gasteiger partial charge in [-0.25, -0.2) is 4.79 Å². The molecule has 0 saturated carbocycles. The Morgan fingerprint density at radius 2 is 1.87 bits per heavy atom. The molecule has 1 aromatic heterocycles. The summed E-state index contributed by atoms with van der Waals surface area (Å²) in [6, 6.07) is 8.34. The first kappa shape index (κ1) is 22.8. The van der Waals surface area contributed by atoms with Gasteiger partial charge in [0.05, 0.1) is 17.1 Å². The predicted molar refractivity (Wildman–Crippen MR) is 113 cm³/mol. The number of anilines is 1. The zero-order chi connectivity index (χ0) is 22.9. The van der Waals surface area contributed by atoms with Crippen LogP contribution in [0.3, 0.4) is 0 Å². The Morgan fingerprint density at radius 3 is 2.55 bits per heavy atom. The molecule has 0 saturated heterocycles. The summed E-state index contributed by atoms with van der Waals surface area (Å²) in [5.74, 6) is -0.503. The first-order chi connectivity index (χ1) is 14.5. The fourth-order valence-electron chi connectivity index (χ4n) is 3.27. The number of nitrogens with zero attached hydrogens (tertiary/aromatic N) is 1. The molecule has 1 heterocycles. The quantitative estimate of drug-likeness (QED) is 0.544. The molecule has 0 unspecified atom stereocenters. The fraction of sp³-hybridized carbons (Fsp3) is 0.273. The van der Waals surface area contributed by atoms with Crippen molar-refractivity contribution < 1.29 is 22.4 Å². The first-order valence-electron chi connectivity index (χ1n) is 9.34. The molecule has 5 nitrogen and oxygen atoms in total. The highest BCUT2D eigenvalue weighted by Gasteiger charge is 2.33. The van der Waals surface area contributed by atoms with Crippen molar-refractivity contribution in [2.45, 2.75) is 26.6 Å². The van der Waals surface area contributed by atoms with Gasteiger partial charge in [-0.05, 0) is 55.8 Å². The van der Waals surface area contributed by atoms with Crippen molar-refractivity contribution in [1.29, 1.82) is 0 Å². The van der Waals surface area contributed by atoms with E-state index in [1.165, 1.54) is 12.1 Å². The molecule has 0 fully saturated rings. The number of aryl methyl sites for hydroxylation is 2. The van der Waals surface area contributed by atoms with Crippen LogP contribution in [0.25, 0.3) is 11.0 Å². The van der Waals surface area contributed by atoms with Gasteiger partial charge in [-0.15, -0.1) is 0 Å². The van der Waals surface area contributed by atoms with E-state index in [0.717, 1.165) is 28.6 Å². The number of carbonyl (C=O) groups is 1. The summed E-state index contributed by atoms with van der Waals surface area (Å²) in [7, 11) is 1.67. The predicted octanol–water partition coefficient (Wildman–Crippen LogP) is 5.15. The number of carbonyl (C=O) groups excluding carboxylic acids is 1. The van der Waals surface area contributed by atoms with Crippen molar-refractivity contribution in [2.75, 3.05) is 18.9 Å². The Morgan fingerprint density at radius 1 is 1.16 bits per heavy atom. The monoisotopic (exact) mass is 452 g/mol. The minimum atomic E-state index is -4.62. The number of nitrogens with one attached hydrogen (secondary N) is 1. The Hall–Kier alpha value is -2.84. The molecule has 164 valence electrons. The van der Waals surface area contributed by atoms with Gasteiger partial charge in [0.15, 0.2) is 0 Å². The van der Waals surface area contributed by atoms with Crippen LogP contribution in [0.2, 0.25) is 5.02 Å². The number of halogens is 4. The first-order valence-corrected chi connectivity index (χ1v) is 9.71. The zero-order valence-corrected chi connectivity index (χ0v) is 17.8. The lowest BCUT2D eigenvalue weighted by atomic mass is 10.0. The van der Waals surface area contributed by atoms with E-state index in [-0.39, 0.29) is 18.8 Å². The lowest BCUT2D eigenvalue weighted by Crippen LogP contribution is -2.30. The SMILES string of the molecule is Cc1ccc2c(CN(C)CC(=O)Nc3ccc(Cl)c(C(F)(F)F)c3)cc(=O)oc2c1C. The fourth-order valence-corrected chi connectivity index (χ4v) is 3.49. The number of benzene rings is 2. The molecule has 9 heteroatoms. The van der Waals surface area contributed by atoms with Crippen LogP contribution >= 0.6 is 11.6 Å². The highest BCUT2D eigenvalue weighted by atomic mass is 35.5. The van der Waals surface area contributed by atoms with Crippen molar-refractivity contribution >= 4 is 34.2 Å². The van der Waals surface area contributed by atoms with Crippen LogP contribution in [-0.4, -0.2) is 24.4 Å². The largest absolute Gasteiger partial charge is 0.422 e. The number of alkyl halides is 3. The molecular formula is C22H20ClF3N2O3. The molecule has 0 radical (unpaired) electrons. The second-order valence-electron chi connectivity index (χ2n) is 7.39. The van der Waals surface area contributed by atoms with Crippen LogP contribution in [0.5, 0.6) is 0 Å². The van der Waals surface area contributed by atoms with E-state index < -0.39 is 28.3 Å². The Bertz CT molecular complexity index is 1210. The van der Waals surface area contributed by atoms with E-state index in [0.29, 0.717) is 11.1 Å². The summed E-state index contributed by atoms with van der Waals surface area (Å²) in [5.41, 5.74) is 1.52. The van der Waals surface area contributed by atoms with Crippen molar-refractivity contribution in [3.63, 3.8) is 0 Å². The van der Waals surface area contributed by atoms with Crippen LogP contribution < -0.4 is 10.9 Å². The number of rotatable bonds is 5. The van der Waals surface area contributed by atoms with Crippen LogP contribution in [0.15, 0.2) is 45.6 Å². The van der Waals surface area contributed by atoms with Crippen LogP contribution in [0.4, 0.5) is 18.9 Å². The minimum absolute atomic E-state index is 0.00738. The molecule has 3 rings (SSSR count). The van der Waals surface area contributed by atoms with E-state index in [9.17, 15) is 22.8 Å². The molecule has 1 amide bonds. The molecule has 0 bridgehead atoms. The normalized spacial score (nSPS) is 11.9. The maximum Gasteiger partial charge on any atom is 0.417 e. The molecule has 3 aromatic rings. The van der Waals surface area contributed by atoms with Gasteiger partial charge in [0.1, 0.15) is 5.58 Å². The topological polar surface area (TPSA) is 62.6 Å². The molecule has 0 spiro atoms. The third kappa shape index (κ3) is 5.26. The summed E-state index contributed by atoms with van der Waals surface area (Å²) in [6.07, 6.45) is -4.62. The molecular weight excluding hydrogens is 433 g/mol. The standard InChI is InChI=1S/C22H20ClF3N2O3/c1-12-4-6-16-14(8-20(30)31-21(16)13(12)2)10-28(3)11-19(29)27-15-5-7-18(23)17(9-15)22(24,25)26/h4-9H,10-11H2,1-3H3,(H,27,29). The zero-order valence-electron chi connectivity index (χ0n) is 17.1. The summed E-state index contributed by atoms with van der Waals surface area (Å²) >= 11 is 5.60. The maximum absolute atomic E-state index is 13.0. The number of hydrogen-bond acceptors (Lipinski definition) is 4. The van der Waals surface area contributed by atoms with Gasteiger partial charge in [-0.3, -0.25) is 9.69 Å². The lowest BCUT2D eigenvalue weighted by molar-refractivity contribution is -0.137. The van der Waals surface area contributed by atoms with Gasteiger partial charge in [-0.1, -0.05) is 23.7 Å². The van der Waals surface area contributed by atoms with Crippen molar-refractivity contribution in [1.82, 2.24) is 4.90 Å². The third-order valence-corrected chi connectivity index (χ3v) is 5.26. The van der Waals surface area contributed by atoms with Gasteiger partial charge in [0.25, 0.3) is 0 Å². The van der Waals surface area contributed by atoms with Crippen molar-refractivity contribution in [2.24, 2.45) is 0 Å². The van der Waals surface area contributed by atoms with Gasteiger partial charge < -0.3 is 9.73 Å².